The lowest BCUT2D eigenvalue weighted by Gasteiger charge is -2.28. The highest BCUT2D eigenvalue weighted by molar-refractivity contribution is 7.99. The van der Waals surface area contributed by atoms with Crippen LogP contribution in [0.3, 0.4) is 0 Å². The Morgan fingerprint density at radius 3 is 2.59 bits per heavy atom. The molecular formula is C25H26N6O2S. The molecule has 0 aliphatic carbocycles. The van der Waals surface area contributed by atoms with Gasteiger partial charge in [-0.2, -0.15) is 5.10 Å². The van der Waals surface area contributed by atoms with Crippen LogP contribution in [0.4, 0.5) is 5.82 Å². The fourth-order valence-corrected chi connectivity index (χ4v) is 5.37. The fraction of sp³-hybridized carbons (Fsp3) is 0.280. The van der Waals surface area contributed by atoms with E-state index in [4.69, 9.17) is 15.6 Å². The van der Waals surface area contributed by atoms with Gasteiger partial charge < -0.3 is 15.8 Å². The van der Waals surface area contributed by atoms with Crippen molar-refractivity contribution in [3.8, 4) is 22.8 Å². The van der Waals surface area contributed by atoms with E-state index in [1.165, 1.54) is 6.33 Å². The predicted molar refractivity (Wildman–Crippen MR) is 135 cm³/mol. The number of fused-ring (bicyclic) bond motifs is 1. The van der Waals surface area contributed by atoms with Gasteiger partial charge in [0, 0.05) is 23.8 Å². The first kappa shape index (κ1) is 22.2. The summed E-state index contributed by atoms with van der Waals surface area (Å²) in [5.41, 5.74) is 8.67. The zero-order chi connectivity index (χ0) is 23.5. The van der Waals surface area contributed by atoms with Gasteiger partial charge in [0.1, 0.15) is 29.3 Å². The lowest BCUT2D eigenvalue weighted by molar-refractivity contribution is -0.121. The van der Waals surface area contributed by atoms with Crippen LogP contribution < -0.4 is 15.8 Å². The number of hydrogen-bond acceptors (Lipinski definition) is 7. The molecule has 2 aromatic carbocycles. The second kappa shape index (κ2) is 9.72. The number of hydrogen-bond donors (Lipinski definition) is 2. The Bertz CT molecular complexity index is 1280. The minimum atomic E-state index is 0.0936. The van der Waals surface area contributed by atoms with E-state index in [1.807, 2.05) is 66.2 Å². The van der Waals surface area contributed by atoms with Crippen LogP contribution in [0.2, 0.25) is 0 Å². The summed E-state index contributed by atoms with van der Waals surface area (Å²) in [6, 6.07) is 17.6. The van der Waals surface area contributed by atoms with Gasteiger partial charge in [-0.05, 0) is 49.2 Å². The van der Waals surface area contributed by atoms with E-state index in [1.54, 1.807) is 11.8 Å². The maximum absolute atomic E-state index is 11.8. The smallest absolute Gasteiger partial charge is 0.219 e. The zero-order valence-electron chi connectivity index (χ0n) is 18.8. The second-order valence-corrected chi connectivity index (χ2v) is 9.38. The van der Waals surface area contributed by atoms with E-state index >= 15 is 0 Å². The molecule has 1 aliphatic heterocycles. The molecule has 0 spiro atoms. The number of carbonyl (C=O) groups excluding carboxylic acids is 1. The Kier molecular flexibility index (Phi) is 6.35. The molecule has 2 atom stereocenters. The summed E-state index contributed by atoms with van der Waals surface area (Å²) in [6.45, 7) is 1.87. The minimum absolute atomic E-state index is 0.0936. The molecule has 0 saturated carbocycles. The van der Waals surface area contributed by atoms with E-state index in [-0.39, 0.29) is 17.3 Å². The molecule has 4 aromatic rings. The predicted octanol–water partition coefficient (Wildman–Crippen LogP) is 4.79. The Morgan fingerprint density at radius 1 is 1.12 bits per heavy atom. The fourth-order valence-electron chi connectivity index (χ4n) is 4.08. The highest BCUT2D eigenvalue weighted by Gasteiger charge is 2.28. The van der Waals surface area contributed by atoms with Crippen LogP contribution in [0.25, 0.3) is 22.3 Å². The quantitative estimate of drug-likeness (QED) is 0.414. The molecular weight excluding hydrogens is 448 g/mol. The number of anilines is 1. The third-order valence-corrected chi connectivity index (χ3v) is 7.25. The number of nitrogens with one attached hydrogen (secondary N) is 1. The Hall–Kier alpha value is -3.59. The molecule has 1 aliphatic rings. The van der Waals surface area contributed by atoms with Crippen molar-refractivity contribution in [2.24, 2.45) is 0 Å². The van der Waals surface area contributed by atoms with Gasteiger partial charge in [0.25, 0.3) is 0 Å². The minimum Gasteiger partial charge on any atom is -0.457 e. The maximum atomic E-state index is 11.8. The first-order valence-corrected chi connectivity index (χ1v) is 12.4. The number of nitrogens with two attached hydrogens (primary N) is 1. The standard InChI is InChI=1S/C25H26N6O2S/c1-2-20(32)29-17-10-13-21(34-14-17)31-25-22(24(26)27-15-28-25)23(30-31)16-8-11-19(12-9-16)33-18-6-4-3-5-7-18/h3-9,11-12,15,17,21H,2,10,13-14H2,1H3,(H,29,32)(H2,26,27,28). The van der Waals surface area contributed by atoms with Crippen molar-refractivity contribution >= 4 is 34.5 Å². The summed E-state index contributed by atoms with van der Waals surface area (Å²) in [4.78, 5) is 20.5. The molecule has 34 heavy (non-hydrogen) atoms. The molecule has 0 radical (unpaired) electrons. The number of carbonyl (C=O) groups is 1. The Labute approximate surface area is 201 Å². The number of para-hydroxylation sites is 1. The maximum Gasteiger partial charge on any atom is 0.219 e. The topological polar surface area (TPSA) is 108 Å². The van der Waals surface area contributed by atoms with E-state index in [9.17, 15) is 4.79 Å². The Morgan fingerprint density at radius 2 is 1.88 bits per heavy atom. The Balaban J connectivity index is 1.41. The van der Waals surface area contributed by atoms with Crippen molar-refractivity contribution in [3.05, 3.63) is 60.9 Å². The number of ether oxygens (including phenoxy) is 1. The van der Waals surface area contributed by atoms with Gasteiger partial charge >= 0.3 is 0 Å². The van der Waals surface area contributed by atoms with E-state index in [2.05, 4.69) is 15.3 Å². The molecule has 3 N–H and O–H groups in total. The lowest BCUT2D eigenvalue weighted by atomic mass is 10.1. The van der Waals surface area contributed by atoms with Crippen molar-refractivity contribution in [2.45, 2.75) is 37.6 Å². The highest BCUT2D eigenvalue weighted by Crippen LogP contribution is 2.39. The number of nitrogen functional groups attached to an aromatic ring is 1. The van der Waals surface area contributed by atoms with Gasteiger partial charge in [-0.3, -0.25) is 4.79 Å². The number of amides is 1. The highest BCUT2D eigenvalue weighted by atomic mass is 32.2. The average molecular weight is 475 g/mol. The van der Waals surface area contributed by atoms with Gasteiger partial charge in [-0.15, -0.1) is 11.8 Å². The normalized spacial score (nSPS) is 18.0. The number of aromatic nitrogens is 4. The van der Waals surface area contributed by atoms with E-state index in [0.29, 0.717) is 12.2 Å². The second-order valence-electron chi connectivity index (χ2n) is 8.17. The van der Waals surface area contributed by atoms with E-state index in [0.717, 1.165) is 52.4 Å². The van der Waals surface area contributed by atoms with Crippen molar-refractivity contribution < 1.29 is 9.53 Å². The molecule has 1 saturated heterocycles. The van der Waals surface area contributed by atoms with Crippen LogP contribution in [-0.4, -0.2) is 37.5 Å². The van der Waals surface area contributed by atoms with E-state index < -0.39 is 0 Å². The molecule has 5 rings (SSSR count). The molecule has 0 bridgehead atoms. The largest absolute Gasteiger partial charge is 0.457 e. The van der Waals surface area contributed by atoms with Gasteiger partial charge in [0.05, 0.1) is 10.8 Å². The number of benzene rings is 2. The van der Waals surface area contributed by atoms with Crippen LogP contribution in [0.1, 0.15) is 31.6 Å². The van der Waals surface area contributed by atoms with Gasteiger partial charge in [-0.25, -0.2) is 14.6 Å². The summed E-state index contributed by atoms with van der Waals surface area (Å²) in [5, 5.41) is 8.90. The van der Waals surface area contributed by atoms with Crippen LogP contribution in [0.15, 0.2) is 60.9 Å². The van der Waals surface area contributed by atoms with Gasteiger partial charge in [0.15, 0.2) is 5.65 Å². The van der Waals surface area contributed by atoms with Crippen molar-refractivity contribution in [3.63, 3.8) is 0 Å². The summed E-state index contributed by atoms with van der Waals surface area (Å²) < 4.78 is 7.88. The zero-order valence-corrected chi connectivity index (χ0v) is 19.7. The van der Waals surface area contributed by atoms with Crippen LogP contribution in [0, 0.1) is 0 Å². The summed E-state index contributed by atoms with van der Waals surface area (Å²) >= 11 is 1.77. The molecule has 1 amide bonds. The first-order chi connectivity index (χ1) is 16.6. The SMILES string of the molecule is CCC(=O)NC1CCC(n2nc(-c3ccc(Oc4ccccc4)cc3)c3c(N)ncnc32)SC1. The molecule has 2 aromatic heterocycles. The molecule has 2 unspecified atom stereocenters. The summed E-state index contributed by atoms with van der Waals surface area (Å²) in [7, 11) is 0. The molecule has 1 fully saturated rings. The molecule has 3 heterocycles. The molecule has 174 valence electrons. The van der Waals surface area contributed by atoms with Crippen molar-refractivity contribution in [1.82, 2.24) is 25.1 Å². The van der Waals surface area contributed by atoms with Crippen molar-refractivity contribution in [1.29, 1.82) is 0 Å². The molecule has 9 heteroatoms. The summed E-state index contributed by atoms with van der Waals surface area (Å²) in [5.74, 6) is 2.86. The summed E-state index contributed by atoms with van der Waals surface area (Å²) in [6.07, 6.45) is 3.76. The molecule has 8 nitrogen and oxygen atoms in total. The third-order valence-electron chi connectivity index (χ3n) is 5.84. The number of nitrogens with zero attached hydrogens (tertiary/aromatic N) is 4. The average Bonchev–Trinajstić information content (AvgIpc) is 3.26. The first-order valence-electron chi connectivity index (χ1n) is 11.4. The lowest BCUT2D eigenvalue weighted by Crippen LogP contribution is -2.39. The monoisotopic (exact) mass is 474 g/mol. The van der Waals surface area contributed by atoms with Crippen LogP contribution in [0.5, 0.6) is 11.5 Å². The number of thioether (sulfide) groups is 1. The van der Waals surface area contributed by atoms with Crippen LogP contribution in [-0.2, 0) is 4.79 Å². The van der Waals surface area contributed by atoms with Crippen LogP contribution >= 0.6 is 11.8 Å². The van der Waals surface area contributed by atoms with Gasteiger partial charge in [0.2, 0.25) is 5.91 Å². The van der Waals surface area contributed by atoms with Gasteiger partial charge in [-0.1, -0.05) is 25.1 Å². The third kappa shape index (κ3) is 4.56. The van der Waals surface area contributed by atoms with Crippen molar-refractivity contribution in [2.75, 3.05) is 11.5 Å². The number of rotatable bonds is 6.